The van der Waals surface area contributed by atoms with Crippen LogP contribution in [0.2, 0.25) is 5.02 Å². The molecule has 0 radical (unpaired) electrons. The molecule has 0 saturated carbocycles. The van der Waals surface area contributed by atoms with Crippen molar-refractivity contribution in [1.29, 1.82) is 0 Å². The van der Waals surface area contributed by atoms with E-state index in [4.69, 9.17) is 22.8 Å². The van der Waals surface area contributed by atoms with Gasteiger partial charge < -0.3 is 4.74 Å². The van der Waals surface area contributed by atoms with Crippen molar-refractivity contribution >= 4 is 22.4 Å². The highest BCUT2D eigenvalue weighted by atomic mass is 35.5. The summed E-state index contributed by atoms with van der Waals surface area (Å²) in [4.78, 5) is 0. The molecule has 0 saturated heterocycles. The fourth-order valence-electron chi connectivity index (χ4n) is 1.72. The van der Waals surface area contributed by atoms with Gasteiger partial charge in [-0.2, -0.15) is 0 Å². The standard InChI is InChI=1S/C15H13ClO/c1-2-3-6-11-17-15-10-9-14(16)12-7-4-5-8-13(12)15/h1,4-5,7-10H,3,6,11H2. The summed E-state index contributed by atoms with van der Waals surface area (Å²) in [5, 5.41) is 2.81. The molecule has 2 heteroatoms. The van der Waals surface area contributed by atoms with Crippen molar-refractivity contribution in [2.24, 2.45) is 0 Å². The molecule has 0 fully saturated rings. The Morgan fingerprint density at radius 3 is 2.65 bits per heavy atom. The van der Waals surface area contributed by atoms with Crippen LogP contribution in [0.1, 0.15) is 12.8 Å². The molecule has 0 bridgehead atoms. The Balaban J connectivity index is 2.23. The smallest absolute Gasteiger partial charge is 0.127 e. The van der Waals surface area contributed by atoms with Gasteiger partial charge in [-0.15, -0.1) is 12.3 Å². The summed E-state index contributed by atoms with van der Waals surface area (Å²) in [6, 6.07) is 11.7. The van der Waals surface area contributed by atoms with Crippen LogP contribution in [0.4, 0.5) is 0 Å². The van der Waals surface area contributed by atoms with Crippen molar-refractivity contribution in [3.8, 4) is 18.1 Å². The van der Waals surface area contributed by atoms with E-state index in [1.54, 1.807) is 0 Å². The molecule has 1 nitrogen and oxygen atoms in total. The van der Waals surface area contributed by atoms with Gasteiger partial charge >= 0.3 is 0 Å². The maximum atomic E-state index is 6.13. The highest BCUT2D eigenvalue weighted by Gasteiger charge is 2.04. The molecule has 0 amide bonds. The maximum absolute atomic E-state index is 6.13. The highest BCUT2D eigenvalue weighted by Crippen LogP contribution is 2.31. The summed E-state index contributed by atoms with van der Waals surface area (Å²) in [6.07, 6.45) is 6.81. The summed E-state index contributed by atoms with van der Waals surface area (Å²) >= 11 is 6.13. The van der Waals surface area contributed by atoms with E-state index in [1.165, 1.54) is 0 Å². The van der Waals surface area contributed by atoms with Gasteiger partial charge in [0.15, 0.2) is 0 Å². The minimum Gasteiger partial charge on any atom is -0.493 e. The number of unbranched alkanes of at least 4 members (excludes halogenated alkanes) is 1. The van der Waals surface area contributed by atoms with E-state index >= 15 is 0 Å². The van der Waals surface area contributed by atoms with Crippen LogP contribution in [-0.4, -0.2) is 6.61 Å². The number of hydrogen-bond donors (Lipinski definition) is 0. The Hall–Kier alpha value is -1.65. The van der Waals surface area contributed by atoms with E-state index in [1.807, 2.05) is 36.4 Å². The van der Waals surface area contributed by atoms with Crippen LogP contribution >= 0.6 is 11.6 Å². The molecular weight excluding hydrogens is 232 g/mol. The number of fused-ring (bicyclic) bond motifs is 1. The minimum absolute atomic E-state index is 0.635. The molecule has 2 aromatic carbocycles. The second-order valence-electron chi connectivity index (χ2n) is 3.75. The SMILES string of the molecule is C#CCCCOc1ccc(Cl)c2ccccc12. The van der Waals surface area contributed by atoms with Crippen molar-refractivity contribution in [2.45, 2.75) is 12.8 Å². The first-order valence-electron chi connectivity index (χ1n) is 5.56. The Labute approximate surface area is 106 Å². The fraction of sp³-hybridized carbons (Fsp3) is 0.200. The van der Waals surface area contributed by atoms with E-state index in [9.17, 15) is 0 Å². The summed E-state index contributed by atoms with van der Waals surface area (Å²) < 4.78 is 5.72. The van der Waals surface area contributed by atoms with Crippen LogP contribution in [0.3, 0.4) is 0 Å². The third-order valence-corrected chi connectivity index (χ3v) is 2.88. The number of ether oxygens (including phenoxy) is 1. The Bertz CT molecular complexity index is 554. The van der Waals surface area contributed by atoms with Crippen LogP contribution in [0.5, 0.6) is 5.75 Å². The third-order valence-electron chi connectivity index (χ3n) is 2.55. The largest absolute Gasteiger partial charge is 0.493 e. The van der Waals surface area contributed by atoms with E-state index < -0.39 is 0 Å². The zero-order valence-electron chi connectivity index (χ0n) is 9.45. The van der Waals surface area contributed by atoms with Crippen molar-refractivity contribution < 1.29 is 4.74 Å². The first-order valence-corrected chi connectivity index (χ1v) is 5.94. The van der Waals surface area contributed by atoms with E-state index in [0.29, 0.717) is 6.61 Å². The molecule has 2 aromatic rings. The van der Waals surface area contributed by atoms with Gasteiger partial charge in [-0.1, -0.05) is 35.9 Å². The molecular formula is C15H13ClO. The summed E-state index contributed by atoms with van der Waals surface area (Å²) in [5.74, 6) is 3.46. The Morgan fingerprint density at radius 1 is 1.12 bits per heavy atom. The second-order valence-corrected chi connectivity index (χ2v) is 4.15. The van der Waals surface area contributed by atoms with Gasteiger partial charge in [0.25, 0.3) is 0 Å². The van der Waals surface area contributed by atoms with Crippen LogP contribution in [-0.2, 0) is 0 Å². The molecule has 86 valence electrons. The van der Waals surface area contributed by atoms with Crippen molar-refractivity contribution in [2.75, 3.05) is 6.61 Å². The molecule has 0 unspecified atom stereocenters. The second kappa shape index (κ2) is 5.61. The van der Waals surface area contributed by atoms with Crippen LogP contribution in [0, 0.1) is 12.3 Å². The first-order chi connectivity index (χ1) is 8.33. The summed E-state index contributed by atoms with van der Waals surface area (Å²) in [7, 11) is 0. The van der Waals surface area contributed by atoms with Gasteiger partial charge in [0, 0.05) is 22.2 Å². The van der Waals surface area contributed by atoms with Gasteiger partial charge in [0.05, 0.1) is 6.61 Å². The molecule has 0 heterocycles. The Kier molecular flexibility index (Phi) is 3.90. The topological polar surface area (TPSA) is 9.23 Å². The molecule has 0 spiro atoms. The summed E-state index contributed by atoms with van der Waals surface area (Å²) in [6.45, 7) is 0.635. The number of terminal acetylenes is 1. The first kappa shape index (κ1) is 11.8. The number of benzene rings is 2. The highest BCUT2D eigenvalue weighted by molar-refractivity contribution is 6.35. The van der Waals surface area contributed by atoms with E-state index in [0.717, 1.165) is 34.4 Å². The third kappa shape index (κ3) is 2.72. The molecule has 0 N–H and O–H groups in total. The van der Waals surface area contributed by atoms with Crippen LogP contribution < -0.4 is 4.74 Å². The molecule has 2 rings (SSSR count). The fourth-order valence-corrected chi connectivity index (χ4v) is 1.94. The molecule has 0 aromatic heterocycles. The average Bonchev–Trinajstić information content (AvgIpc) is 2.37. The van der Waals surface area contributed by atoms with Gasteiger partial charge in [0.2, 0.25) is 0 Å². The number of hydrogen-bond acceptors (Lipinski definition) is 1. The quantitative estimate of drug-likeness (QED) is 0.576. The molecule has 0 atom stereocenters. The van der Waals surface area contributed by atoms with Crippen LogP contribution in [0.25, 0.3) is 10.8 Å². The lowest BCUT2D eigenvalue weighted by molar-refractivity contribution is 0.316. The lowest BCUT2D eigenvalue weighted by Crippen LogP contribution is -1.97. The summed E-state index contributed by atoms with van der Waals surface area (Å²) in [5.41, 5.74) is 0. The van der Waals surface area contributed by atoms with Crippen molar-refractivity contribution in [3.63, 3.8) is 0 Å². The zero-order chi connectivity index (χ0) is 12.1. The van der Waals surface area contributed by atoms with Crippen molar-refractivity contribution in [1.82, 2.24) is 0 Å². The van der Waals surface area contributed by atoms with Gasteiger partial charge in [-0.05, 0) is 18.6 Å². The predicted octanol–water partition coefficient (Wildman–Crippen LogP) is 4.29. The molecule has 0 aliphatic rings. The van der Waals surface area contributed by atoms with E-state index in [-0.39, 0.29) is 0 Å². The maximum Gasteiger partial charge on any atom is 0.127 e. The van der Waals surface area contributed by atoms with Gasteiger partial charge in [-0.25, -0.2) is 0 Å². The monoisotopic (exact) mass is 244 g/mol. The lowest BCUT2D eigenvalue weighted by atomic mass is 10.1. The number of rotatable bonds is 4. The van der Waals surface area contributed by atoms with Crippen molar-refractivity contribution in [3.05, 3.63) is 41.4 Å². The lowest BCUT2D eigenvalue weighted by Gasteiger charge is -2.09. The predicted molar refractivity (Wildman–Crippen MR) is 72.5 cm³/mol. The molecule has 0 aliphatic heterocycles. The molecule has 0 aliphatic carbocycles. The zero-order valence-corrected chi connectivity index (χ0v) is 10.2. The normalized spacial score (nSPS) is 10.1. The molecule has 17 heavy (non-hydrogen) atoms. The Morgan fingerprint density at radius 2 is 1.88 bits per heavy atom. The minimum atomic E-state index is 0.635. The average molecular weight is 245 g/mol. The van der Waals surface area contributed by atoms with E-state index in [2.05, 4.69) is 5.92 Å². The number of halogens is 1. The van der Waals surface area contributed by atoms with Gasteiger partial charge in [-0.3, -0.25) is 0 Å². The van der Waals surface area contributed by atoms with Crippen LogP contribution in [0.15, 0.2) is 36.4 Å². The van der Waals surface area contributed by atoms with Gasteiger partial charge in [0.1, 0.15) is 5.75 Å².